The van der Waals surface area contributed by atoms with E-state index in [2.05, 4.69) is 10.2 Å². The molecule has 0 radical (unpaired) electrons. The molecule has 2 aliphatic rings. The zero-order valence-corrected chi connectivity index (χ0v) is 22.1. The first-order valence-electron chi connectivity index (χ1n) is 11.4. The summed E-state index contributed by atoms with van der Waals surface area (Å²) in [5.41, 5.74) is -0.482. The van der Waals surface area contributed by atoms with Crippen molar-refractivity contribution in [1.82, 2.24) is 15.1 Å². The fraction of sp³-hybridized carbons (Fsp3) is 0.864. The van der Waals surface area contributed by atoms with E-state index < -0.39 is 5.60 Å². The Morgan fingerprint density at radius 2 is 1.74 bits per heavy atom. The van der Waals surface area contributed by atoms with Crippen LogP contribution >= 0.6 is 24.0 Å². The lowest BCUT2D eigenvalue weighted by Gasteiger charge is -2.35. The van der Waals surface area contributed by atoms with Crippen molar-refractivity contribution in [2.75, 3.05) is 45.9 Å². The van der Waals surface area contributed by atoms with E-state index in [9.17, 15) is 9.59 Å². The normalized spacial score (nSPS) is 22.4. The highest BCUT2D eigenvalue weighted by molar-refractivity contribution is 14.0. The molecule has 0 aromatic rings. The molecule has 2 atom stereocenters. The van der Waals surface area contributed by atoms with E-state index in [1.807, 2.05) is 34.6 Å². The van der Waals surface area contributed by atoms with Crippen LogP contribution in [0.1, 0.15) is 60.3 Å². The Morgan fingerprint density at radius 3 is 2.39 bits per heavy atom. The molecule has 1 N–H and O–H groups in total. The average molecular weight is 552 g/mol. The Kier molecular flexibility index (Phi) is 11.9. The molecule has 2 aliphatic heterocycles. The molecule has 9 heteroatoms. The van der Waals surface area contributed by atoms with E-state index in [0.717, 1.165) is 51.3 Å². The molecule has 2 rings (SSSR count). The summed E-state index contributed by atoms with van der Waals surface area (Å²) in [6.45, 7) is 14.3. The van der Waals surface area contributed by atoms with Crippen LogP contribution in [0.15, 0.2) is 4.99 Å². The summed E-state index contributed by atoms with van der Waals surface area (Å²) in [6.07, 6.45) is 3.58. The number of guanidine groups is 1. The lowest BCUT2D eigenvalue weighted by atomic mass is 9.98. The maximum Gasteiger partial charge on any atom is 0.410 e. The molecule has 0 saturated carbocycles. The number of ether oxygens (including phenoxy) is 2. The van der Waals surface area contributed by atoms with Gasteiger partial charge in [-0.3, -0.25) is 9.79 Å². The third-order valence-electron chi connectivity index (χ3n) is 5.35. The minimum atomic E-state index is -0.482. The van der Waals surface area contributed by atoms with Crippen molar-refractivity contribution in [2.24, 2.45) is 16.8 Å². The van der Waals surface area contributed by atoms with Crippen molar-refractivity contribution in [2.45, 2.75) is 65.9 Å². The van der Waals surface area contributed by atoms with Gasteiger partial charge in [0.05, 0.1) is 12.5 Å². The summed E-state index contributed by atoms with van der Waals surface area (Å²) in [5, 5.41) is 3.37. The van der Waals surface area contributed by atoms with Crippen molar-refractivity contribution in [3.8, 4) is 0 Å². The molecule has 1 amide bonds. The summed E-state index contributed by atoms with van der Waals surface area (Å²) in [5.74, 6) is 0.949. The van der Waals surface area contributed by atoms with Crippen LogP contribution in [0.25, 0.3) is 0 Å². The third-order valence-corrected chi connectivity index (χ3v) is 5.35. The molecule has 0 aromatic heterocycles. The second kappa shape index (κ2) is 13.3. The van der Waals surface area contributed by atoms with Gasteiger partial charge in [0.15, 0.2) is 5.96 Å². The Labute approximate surface area is 204 Å². The quantitative estimate of drug-likeness (QED) is 0.244. The number of amides is 1. The van der Waals surface area contributed by atoms with Gasteiger partial charge in [0.1, 0.15) is 5.60 Å². The van der Waals surface area contributed by atoms with Gasteiger partial charge in [-0.15, -0.1) is 24.0 Å². The zero-order valence-electron chi connectivity index (χ0n) is 19.8. The number of piperidine rings is 2. The first-order valence-corrected chi connectivity index (χ1v) is 11.4. The monoisotopic (exact) mass is 552 g/mol. The minimum Gasteiger partial charge on any atom is -0.466 e. The maximum absolute atomic E-state index is 12.4. The van der Waals surface area contributed by atoms with E-state index >= 15 is 0 Å². The number of hydrogen-bond donors (Lipinski definition) is 1. The molecule has 2 unspecified atom stereocenters. The third kappa shape index (κ3) is 9.41. The van der Waals surface area contributed by atoms with Crippen molar-refractivity contribution < 1.29 is 19.1 Å². The molecule has 0 bridgehead atoms. The first-order chi connectivity index (χ1) is 14.2. The van der Waals surface area contributed by atoms with Gasteiger partial charge in [-0.2, -0.15) is 0 Å². The lowest BCUT2D eigenvalue weighted by molar-refractivity contribution is -0.149. The van der Waals surface area contributed by atoms with E-state index in [1.54, 1.807) is 4.90 Å². The molecule has 180 valence electrons. The summed E-state index contributed by atoms with van der Waals surface area (Å²) >= 11 is 0. The Balaban J connectivity index is 0.00000480. The fourth-order valence-electron chi connectivity index (χ4n) is 3.97. The molecule has 0 aliphatic carbocycles. The minimum absolute atomic E-state index is 0. The smallest absolute Gasteiger partial charge is 0.410 e. The molecule has 2 heterocycles. The standard InChI is InChI=1S/C22H40N4O4.HI/c1-6-23-20(25-12-9-11-18(16-25)19(27)29-7-2)24-14-17-10-8-13-26(15-17)21(28)30-22(3,4)5;/h17-18H,6-16H2,1-5H3,(H,23,24);1H. The number of esters is 1. The van der Waals surface area contributed by atoms with Crippen molar-refractivity contribution in [1.29, 1.82) is 0 Å². The molecule has 2 fully saturated rings. The second-order valence-corrected chi connectivity index (χ2v) is 9.17. The SMILES string of the molecule is CCNC(=NCC1CCCN(C(=O)OC(C)(C)C)C1)N1CCCC(C(=O)OCC)C1.I. The summed E-state index contributed by atoms with van der Waals surface area (Å²) in [6, 6.07) is 0. The molecule has 8 nitrogen and oxygen atoms in total. The van der Waals surface area contributed by atoms with Crippen LogP contribution in [0, 0.1) is 11.8 Å². The van der Waals surface area contributed by atoms with Crippen LogP contribution in [0.5, 0.6) is 0 Å². The van der Waals surface area contributed by atoms with Crippen LogP contribution in [-0.4, -0.2) is 79.3 Å². The first kappa shape index (κ1) is 27.8. The van der Waals surface area contributed by atoms with Crippen molar-refractivity contribution >= 4 is 42.0 Å². The van der Waals surface area contributed by atoms with Crippen LogP contribution < -0.4 is 5.32 Å². The molecule has 2 saturated heterocycles. The fourth-order valence-corrected chi connectivity index (χ4v) is 3.97. The molecular weight excluding hydrogens is 511 g/mol. The van der Waals surface area contributed by atoms with E-state index in [-0.39, 0.29) is 42.0 Å². The Bertz CT molecular complexity index is 609. The predicted molar refractivity (Wildman–Crippen MR) is 133 cm³/mol. The van der Waals surface area contributed by atoms with Gasteiger partial charge in [0.2, 0.25) is 0 Å². The van der Waals surface area contributed by atoms with Gasteiger partial charge < -0.3 is 24.6 Å². The molecular formula is C22H41IN4O4. The van der Waals surface area contributed by atoms with Crippen molar-refractivity contribution in [3.63, 3.8) is 0 Å². The Hall–Kier alpha value is -1.26. The van der Waals surface area contributed by atoms with E-state index in [4.69, 9.17) is 14.5 Å². The predicted octanol–water partition coefficient (Wildman–Crippen LogP) is 3.49. The Morgan fingerprint density at radius 1 is 1.06 bits per heavy atom. The van der Waals surface area contributed by atoms with Crippen LogP contribution in [-0.2, 0) is 14.3 Å². The largest absolute Gasteiger partial charge is 0.466 e. The zero-order chi connectivity index (χ0) is 22.1. The summed E-state index contributed by atoms with van der Waals surface area (Å²) in [4.78, 5) is 33.4. The molecule has 31 heavy (non-hydrogen) atoms. The van der Waals surface area contributed by atoms with Crippen molar-refractivity contribution in [3.05, 3.63) is 0 Å². The highest BCUT2D eigenvalue weighted by atomic mass is 127. The number of rotatable bonds is 5. The highest BCUT2D eigenvalue weighted by Gasteiger charge is 2.30. The van der Waals surface area contributed by atoms with Gasteiger partial charge in [-0.05, 0) is 66.2 Å². The summed E-state index contributed by atoms with van der Waals surface area (Å²) < 4.78 is 10.7. The highest BCUT2D eigenvalue weighted by Crippen LogP contribution is 2.21. The number of carbonyl (C=O) groups excluding carboxylic acids is 2. The van der Waals surface area contributed by atoms with Gasteiger partial charge in [0.25, 0.3) is 0 Å². The summed E-state index contributed by atoms with van der Waals surface area (Å²) in [7, 11) is 0. The van der Waals surface area contributed by atoms with E-state index in [0.29, 0.717) is 32.2 Å². The van der Waals surface area contributed by atoms with Gasteiger partial charge in [-0.25, -0.2) is 4.79 Å². The lowest BCUT2D eigenvalue weighted by Crippen LogP contribution is -2.48. The second-order valence-electron chi connectivity index (χ2n) is 9.17. The topological polar surface area (TPSA) is 83.5 Å². The number of halogens is 1. The number of nitrogens with one attached hydrogen (secondary N) is 1. The number of nitrogens with zero attached hydrogens (tertiary/aromatic N) is 3. The van der Waals surface area contributed by atoms with Crippen LogP contribution in [0.3, 0.4) is 0 Å². The number of carbonyl (C=O) groups is 2. The number of hydrogen-bond acceptors (Lipinski definition) is 5. The number of aliphatic imine (C=N–C) groups is 1. The van der Waals surface area contributed by atoms with Crippen LogP contribution in [0.2, 0.25) is 0 Å². The van der Waals surface area contributed by atoms with Gasteiger partial charge in [-0.1, -0.05) is 0 Å². The average Bonchev–Trinajstić information content (AvgIpc) is 2.70. The molecule has 0 spiro atoms. The van der Waals surface area contributed by atoms with Gasteiger partial charge in [0, 0.05) is 39.3 Å². The van der Waals surface area contributed by atoms with Gasteiger partial charge >= 0.3 is 12.1 Å². The maximum atomic E-state index is 12.4. The number of likely N-dealkylation sites (tertiary alicyclic amines) is 2. The van der Waals surface area contributed by atoms with Crippen LogP contribution in [0.4, 0.5) is 4.79 Å². The molecule has 0 aromatic carbocycles. The van der Waals surface area contributed by atoms with E-state index in [1.165, 1.54) is 0 Å².